The highest BCUT2D eigenvalue weighted by Crippen LogP contribution is 2.34. The summed E-state index contributed by atoms with van der Waals surface area (Å²) >= 11 is 2.19. The van der Waals surface area contributed by atoms with Gasteiger partial charge in [0.2, 0.25) is 0 Å². The van der Waals surface area contributed by atoms with Crippen LogP contribution in [0.15, 0.2) is 47.6 Å². The van der Waals surface area contributed by atoms with Crippen molar-refractivity contribution >= 4 is 49.3 Å². The third-order valence-electron chi connectivity index (χ3n) is 5.73. The standard InChI is InChI=1S/C20H20IN3O3S/c1-13-2-4-17(5-3-13)28(25,26)24-10-19(21)18-6-16(7-22-20(18)24)23-8-14-11-27-12-15(14)9-23/h2-7,10,14-15H,8-9,11-12H2,1H3. The van der Waals surface area contributed by atoms with Crippen molar-refractivity contribution in [2.24, 2.45) is 11.8 Å². The van der Waals surface area contributed by atoms with Crippen LogP contribution in [0.2, 0.25) is 0 Å². The lowest BCUT2D eigenvalue weighted by atomic mass is 10.0. The zero-order chi connectivity index (χ0) is 19.5. The largest absolute Gasteiger partial charge is 0.381 e. The summed E-state index contributed by atoms with van der Waals surface area (Å²) in [6.45, 7) is 5.54. The molecule has 3 aromatic rings. The number of rotatable bonds is 3. The number of pyridine rings is 1. The first kappa shape index (κ1) is 18.4. The van der Waals surface area contributed by atoms with Gasteiger partial charge in [0.1, 0.15) is 0 Å². The first-order chi connectivity index (χ1) is 13.4. The van der Waals surface area contributed by atoms with Crippen molar-refractivity contribution in [3.63, 3.8) is 0 Å². The zero-order valence-corrected chi connectivity index (χ0v) is 18.4. The van der Waals surface area contributed by atoms with E-state index in [0.717, 1.165) is 46.5 Å². The molecule has 0 bridgehead atoms. The van der Waals surface area contributed by atoms with E-state index in [4.69, 9.17) is 4.74 Å². The monoisotopic (exact) mass is 509 g/mol. The second-order valence-corrected chi connectivity index (χ2v) is 10.6. The van der Waals surface area contributed by atoms with Crippen molar-refractivity contribution in [3.05, 3.63) is 51.9 Å². The minimum absolute atomic E-state index is 0.268. The fourth-order valence-electron chi connectivity index (χ4n) is 4.11. The molecule has 2 aliphatic rings. The predicted molar refractivity (Wildman–Crippen MR) is 116 cm³/mol. The lowest BCUT2D eigenvalue weighted by Gasteiger charge is -2.19. The Bertz CT molecular complexity index is 1150. The molecule has 0 aliphatic carbocycles. The van der Waals surface area contributed by atoms with E-state index in [-0.39, 0.29) is 4.90 Å². The summed E-state index contributed by atoms with van der Waals surface area (Å²) in [5, 5.41) is 0.863. The summed E-state index contributed by atoms with van der Waals surface area (Å²) in [4.78, 5) is 7.16. The van der Waals surface area contributed by atoms with E-state index in [0.29, 0.717) is 17.5 Å². The molecule has 0 saturated carbocycles. The number of nitrogens with zero attached hydrogens (tertiary/aromatic N) is 3. The lowest BCUT2D eigenvalue weighted by Crippen LogP contribution is -2.22. The number of ether oxygens (including phenoxy) is 1. The molecule has 2 saturated heterocycles. The molecule has 2 atom stereocenters. The van der Waals surface area contributed by atoms with Crippen molar-refractivity contribution < 1.29 is 13.2 Å². The van der Waals surface area contributed by atoms with Gasteiger partial charge in [-0.1, -0.05) is 17.7 Å². The van der Waals surface area contributed by atoms with Crippen LogP contribution in [0.4, 0.5) is 5.69 Å². The molecule has 2 aliphatic heterocycles. The average Bonchev–Trinajstić information content (AvgIpc) is 3.35. The molecule has 1 aromatic carbocycles. The van der Waals surface area contributed by atoms with Gasteiger partial charge in [-0.2, -0.15) is 0 Å². The van der Waals surface area contributed by atoms with Crippen molar-refractivity contribution in [2.45, 2.75) is 11.8 Å². The molecule has 0 N–H and O–H groups in total. The van der Waals surface area contributed by atoms with E-state index in [1.165, 1.54) is 3.97 Å². The maximum atomic E-state index is 13.1. The van der Waals surface area contributed by atoms with Gasteiger partial charge in [0.05, 0.1) is 30.0 Å². The Kier molecular flexibility index (Phi) is 4.40. The molecule has 2 aromatic heterocycles. The van der Waals surface area contributed by atoms with E-state index in [1.807, 2.05) is 19.1 Å². The Morgan fingerprint density at radius 2 is 1.82 bits per heavy atom. The summed E-state index contributed by atoms with van der Waals surface area (Å²) in [5.74, 6) is 1.17. The molecular formula is C20H20IN3O3S. The number of aryl methyl sites for hydroxylation is 1. The first-order valence-electron chi connectivity index (χ1n) is 9.25. The number of aromatic nitrogens is 2. The first-order valence-corrected chi connectivity index (χ1v) is 11.8. The highest BCUT2D eigenvalue weighted by Gasteiger charge is 2.37. The number of halogens is 1. The molecular weight excluding hydrogens is 489 g/mol. The van der Waals surface area contributed by atoms with Crippen LogP contribution in [0.5, 0.6) is 0 Å². The molecule has 0 spiro atoms. The fourth-order valence-corrected chi connectivity index (χ4v) is 6.30. The Balaban J connectivity index is 1.54. The van der Waals surface area contributed by atoms with Gasteiger partial charge in [-0.25, -0.2) is 17.4 Å². The van der Waals surface area contributed by atoms with Gasteiger partial charge >= 0.3 is 0 Å². The van der Waals surface area contributed by atoms with Crippen molar-refractivity contribution in [1.82, 2.24) is 8.96 Å². The van der Waals surface area contributed by atoms with Crippen LogP contribution in [-0.4, -0.2) is 43.7 Å². The number of benzene rings is 1. The average molecular weight is 509 g/mol. The molecule has 2 unspecified atom stereocenters. The maximum absolute atomic E-state index is 13.1. The van der Waals surface area contributed by atoms with Crippen LogP contribution in [0.1, 0.15) is 5.56 Å². The van der Waals surface area contributed by atoms with E-state index in [9.17, 15) is 8.42 Å². The Morgan fingerprint density at radius 3 is 2.50 bits per heavy atom. The molecule has 146 valence electrons. The lowest BCUT2D eigenvalue weighted by molar-refractivity contribution is 0.177. The van der Waals surface area contributed by atoms with Crippen LogP contribution in [-0.2, 0) is 14.8 Å². The van der Waals surface area contributed by atoms with Crippen molar-refractivity contribution in [2.75, 3.05) is 31.2 Å². The van der Waals surface area contributed by atoms with Gasteiger partial charge < -0.3 is 9.64 Å². The number of hydrogen-bond donors (Lipinski definition) is 0. The van der Waals surface area contributed by atoms with Crippen LogP contribution in [0.25, 0.3) is 11.0 Å². The molecule has 6 nitrogen and oxygen atoms in total. The minimum Gasteiger partial charge on any atom is -0.381 e. The van der Waals surface area contributed by atoms with E-state index in [2.05, 4.69) is 38.5 Å². The summed E-state index contributed by atoms with van der Waals surface area (Å²) in [6, 6.07) is 8.96. The highest BCUT2D eigenvalue weighted by molar-refractivity contribution is 14.1. The van der Waals surface area contributed by atoms with Crippen LogP contribution in [0, 0.1) is 22.3 Å². The Morgan fingerprint density at radius 1 is 1.14 bits per heavy atom. The summed E-state index contributed by atoms with van der Waals surface area (Å²) in [7, 11) is -3.69. The quantitative estimate of drug-likeness (QED) is 0.508. The van der Waals surface area contributed by atoms with Crippen molar-refractivity contribution in [1.29, 1.82) is 0 Å². The van der Waals surface area contributed by atoms with Gasteiger partial charge in [0.15, 0.2) is 5.65 Å². The topological polar surface area (TPSA) is 64.4 Å². The molecule has 0 amide bonds. The van der Waals surface area contributed by atoms with Gasteiger partial charge in [0.25, 0.3) is 10.0 Å². The molecule has 2 fully saturated rings. The third kappa shape index (κ3) is 2.93. The molecule has 0 radical (unpaired) electrons. The van der Waals surface area contributed by atoms with E-state index in [1.54, 1.807) is 24.5 Å². The molecule has 8 heteroatoms. The van der Waals surface area contributed by atoms with Gasteiger partial charge in [-0.3, -0.25) is 0 Å². The highest BCUT2D eigenvalue weighted by atomic mass is 127. The van der Waals surface area contributed by atoms with Gasteiger partial charge in [-0.15, -0.1) is 0 Å². The number of hydrogen-bond acceptors (Lipinski definition) is 5. The molecule has 28 heavy (non-hydrogen) atoms. The Hall–Kier alpha value is -1.65. The summed E-state index contributed by atoms with van der Waals surface area (Å²) < 4.78 is 34.0. The summed E-state index contributed by atoms with van der Waals surface area (Å²) in [5.41, 5.74) is 2.54. The molecule has 4 heterocycles. The second kappa shape index (κ2) is 6.70. The SMILES string of the molecule is Cc1ccc(S(=O)(=O)n2cc(I)c3cc(N4CC5COCC5C4)cnc32)cc1. The second-order valence-electron chi connectivity index (χ2n) is 7.62. The summed E-state index contributed by atoms with van der Waals surface area (Å²) in [6.07, 6.45) is 3.45. The smallest absolute Gasteiger partial charge is 0.269 e. The van der Waals surface area contributed by atoms with Gasteiger partial charge in [-0.05, 0) is 47.7 Å². The zero-order valence-electron chi connectivity index (χ0n) is 15.4. The number of fused-ring (bicyclic) bond motifs is 2. The van der Waals surface area contributed by atoms with Gasteiger partial charge in [0, 0.05) is 40.1 Å². The number of anilines is 1. The van der Waals surface area contributed by atoms with E-state index >= 15 is 0 Å². The van der Waals surface area contributed by atoms with Crippen LogP contribution >= 0.6 is 22.6 Å². The minimum atomic E-state index is -3.69. The predicted octanol–water partition coefficient (Wildman–Crippen LogP) is 3.27. The normalized spacial score (nSPS) is 22.1. The maximum Gasteiger partial charge on any atom is 0.269 e. The molecule has 5 rings (SSSR count). The van der Waals surface area contributed by atoms with E-state index < -0.39 is 10.0 Å². The fraction of sp³-hybridized carbons (Fsp3) is 0.350. The third-order valence-corrected chi connectivity index (χ3v) is 8.26. The van der Waals surface area contributed by atoms with Crippen molar-refractivity contribution in [3.8, 4) is 0 Å². The van der Waals surface area contributed by atoms with Crippen LogP contribution in [0.3, 0.4) is 0 Å². The Labute approximate surface area is 177 Å². The van der Waals surface area contributed by atoms with Crippen LogP contribution < -0.4 is 4.90 Å².